The summed E-state index contributed by atoms with van der Waals surface area (Å²) in [6.07, 6.45) is 8.23. The number of methoxy groups -OCH3 is 3. The lowest BCUT2D eigenvalue weighted by atomic mass is 10.0. The molecular formula is C25H22O7. The van der Waals surface area contributed by atoms with E-state index >= 15 is 0 Å². The first-order chi connectivity index (χ1) is 15.4. The summed E-state index contributed by atoms with van der Waals surface area (Å²) in [5, 5.41) is 0.627. The normalized spacial score (nSPS) is 10.7. The molecule has 7 heteroatoms. The van der Waals surface area contributed by atoms with Gasteiger partial charge in [-0.3, -0.25) is 4.79 Å². The van der Waals surface area contributed by atoms with Crippen molar-refractivity contribution in [1.29, 1.82) is 0 Å². The molecule has 0 fully saturated rings. The lowest BCUT2D eigenvalue weighted by molar-refractivity contribution is 0.104. The topological polar surface area (TPSA) is 84.2 Å². The molecule has 0 aliphatic heterocycles. The van der Waals surface area contributed by atoms with Gasteiger partial charge in [-0.05, 0) is 48.4 Å². The molecule has 1 heterocycles. The molecule has 0 saturated carbocycles. The van der Waals surface area contributed by atoms with Crippen LogP contribution in [-0.4, -0.2) is 33.7 Å². The molecule has 164 valence electrons. The minimum absolute atomic E-state index is 0.0432. The fourth-order valence-corrected chi connectivity index (χ4v) is 3.29. The number of aryl methyl sites for hydroxylation is 1. The van der Waals surface area contributed by atoms with Gasteiger partial charge in [0.1, 0.15) is 17.9 Å². The third-order valence-electron chi connectivity index (χ3n) is 4.75. The molecule has 0 spiro atoms. The summed E-state index contributed by atoms with van der Waals surface area (Å²) in [7, 11) is 4.52. The molecule has 0 radical (unpaired) electrons. The summed E-state index contributed by atoms with van der Waals surface area (Å²) in [5.41, 5.74) is 1.01. The molecule has 0 N–H and O–H groups in total. The minimum Gasteiger partial charge on any atom is -0.493 e. The van der Waals surface area contributed by atoms with E-state index in [2.05, 4.69) is 5.92 Å². The lowest BCUT2D eigenvalue weighted by Gasteiger charge is -2.13. The summed E-state index contributed by atoms with van der Waals surface area (Å²) in [6.45, 7) is 1.72. The van der Waals surface area contributed by atoms with Gasteiger partial charge in [-0.2, -0.15) is 0 Å². The summed E-state index contributed by atoms with van der Waals surface area (Å²) in [5.74, 6) is 3.50. The van der Waals surface area contributed by atoms with E-state index in [0.29, 0.717) is 33.8 Å². The minimum atomic E-state index is -0.563. The number of ether oxygens (including phenoxy) is 4. The molecule has 7 nitrogen and oxygen atoms in total. The van der Waals surface area contributed by atoms with Crippen LogP contribution in [0.4, 0.5) is 0 Å². The predicted octanol–water partition coefficient (Wildman–Crippen LogP) is 4.04. The Morgan fingerprint density at radius 2 is 1.75 bits per heavy atom. The Hall–Kier alpha value is -4.18. The number of ketones is 1. The van der Waals surface area contributed by atoms with Gasteiger partial charge in [0.2, 0.25) is 5.75 Å². The summed E-state index contributed by atoms with van der Waals surface area (Å²) in [4.78, 5) is 25.2. The number of terminal acetylenes is 1. The van der Waals surface area contributed by atoms with E-state index in [1.807, 2.05) is 0 Å². The largest absolute Gasteiger partial charge is 0.493 e. The number of hydrogen-bond acceptors (Lipinski definition) is 7. The van der Waals surface area contributed by atoms with Crippen molar-refractivity contribution in [3.8, 4) is 35.3 Å². The van der Waals surface area contributed by atoms with Crippen molar-refractivity contribution in [2.24, 2.45) is 0 Å². The van der Waals surface area contributed by atoms with Gasteiger partial charge in [0.25, 0.3) is 0 Å². The Bertz CT molecular complexity index is 1270. The fourth-order valence-electron chi connectivity index (χ4n) is 3.29. The maximum Gasteiger partial charge on any atom is 0.336 e. The number of carbonyl (C=O) groups is 1. The van der Waals surface area contributed by atoms with Crippen LogP contribution < -0.4 is 24.6 Å². The van der Waals surface area contributed by atoms with Gasteiger partial charge < -0.3 is 23.4 Å². The van der Waals surface area contributed by atoms with Crippen LogP contribution in [0.15, 0.2) is 45.6 Å². The average Bonchev–Trinajstić information content (AvgIpc) is 2.79. The van der Waals surface area contributed by atoms with E-state index in [4.69, 9.17) is 29.8 Å². The molecule has 0 unspecified atom stereocenters. The highest BCUT2D eigenvalue weighted by atomic mass is 16.5. The molecule has 0 bridgehead atoms. The van der Waals surface area contributed by atoms with Crippen molar-refractivity contribution in [2.75, 3.05) is 27.9 Å². The highest BCUT2D eigenvalue weighted by Crippen LogP contribution is 2.38. The Morgan fingerprint density at radius 1 is 1.06 bits per heavy atom. The molecule has 2 aromatic carbocycles. The number of rotatable bonds is 8. The van der Waals surface area contributed by atoms with Crippen molar-refractivity contribution in [2.45, 2.75) is 6.92 Å². The fraction of sp³-hybridized carbons (Fsp3) is 0.200. The lowest BCUT2D eigenvalue weighted by Crippen LogP contribution is -2.06. The number of benzene rings is 2. The molecule has 3 aromatic rings. The van der Waals surface area contributed by atoms with E-state index in [0.717, 1.165) is 0 Å². The quantitative estimate of drug-likeness (QED) is 0.229. The van der Waals surface area contributed by atoms with Gasteiger partial charge in [-0.15, -0.1) is 6.42 Å². The second-order valence-electron chi connectivity index (χ2n) is 6.71. The molecule has 0 atom stereocenters. The highest BCUT2D eigenvalue weighted by molar-refractivity contribution is 6.15. The van der Waals surface area contributed by atoms with Crippen LogP contribution in [0.3, 0.4) is 0 Å². The molecule has 0 amide bonds. The molecule has 0 aliphatic rings. The van der Waals surface area contributed by atoms with Gasteiger partial charge in [-0.25, -0.2) is 4.79 Å². The Labute approximate surface area is 185 Å². The SMILES string of the molecule is C#CCOc1ccc2c(C)cc(=O)oc2c1C(=O)/C=C/c1cc(OC)c(OC)c(OC)c1. The summed E-state index contributed by atoms with van der Waals surface area (Å²) < 4.78 is 26.9. The van der Waals surface area contributed by atoms with Crippen LogP contribution in [-0.2, 0) is 0 Å². The summed E-state index contributed by atoms with van der Waals surface area (Å²) in [6, 6.07) is 8.12. The smallest absolute Gasteiger partial charge is 0.336 e. The number of allylic oxidation sites excluding steroid dienone is 1. The first-order valence-corrected chi connectivity index (χ1v) is 9.59. The van der Waals surface area contributed by atoms with E-state index in [9.17, 15) is 9.59 Å². The average molecular weight is 434 g/mol. The highest BCUT2D eigenvalue weighted by Gasteiger charge is 2.19. The van der Waals surface area contributed by atoms with Gasteiger partial charge in [0.15, 0.2) is 22.9 Å². The van der Waals surface area contributed by atoms with Crippen LogP contribution in [0.2, 0.25) is 0 Å². The van der Waals surface area contributed by atoms with Crippen molar-refractivity contribution in [3.63, 3.8) is 0 Å². The van der Waals surface area contributed by atoms with Gasteiger partial charge in [0, 0.05) is 11.5 Å². The van der Waals surface area contributed by atoms with Gasteiger partial charge in [-0.1, -0.05) is 12.0 Å². The predicted molar refractivity (Wildman–Crippen MR) is 121 cm³/mol. The first kappa shape index (κ1) is 22.5. The van der Waals surface area contributed by atoms with Crippen LogP contribution in [0.5, 0.6) is 23.0 Å². The Kier molecular flexibility index (Phi) is 6.86. The van der Waals surface area contributed by atoms with Crippen LogP contribution in [0, 0.1) is 19.3 Å². The molecule has 3 rings (SSSR count). The third-order valence-corrected chi connectivity index (χ3v) is 4.75. The number of hydrogen-bond donors (Lipinski definition) is 0. The van der Waals surface area contributed by atoms with E-state index in [1.54, 1.807) is 37.3 Å². The van der Waals surface area contributed by atoms with Crippen molar-refractivity contribution in [3.05, 3.63) is 63.5 Å². The maximum absolute atomic E-state index is 13.2. The van der Waals surface area contributed by atoms with Crippen LogP contribution in [0.1, 0.15) is 21.5 Å². The Morgan fingerprint density at radius 3 is 2.34 bits per heavy atom. The standard InChI is InChI=1S/C25H22O7/c1-6-11-31-19-10-8-17-15(2)12-22(27)32-24(17)23(19)18(26)9-7-16-13-20(28-3)25(30-5)21(14-16)29-4/h1,7-10,12-14H,11H2,2-5H3/b9-7+. The number of carbonyl (C=O) groups excluding carboxylic acids is 1. The monoisotopic (exact) mass is 434 g/mol. The zero-order valence-electron chi connectivity index (χ0n) is 18.2. The molecule has 32 heavy (non-hydrogen) atoms. The molecule has 1 aromatic heterocycles. The Balaban J connectivity index is 2.11. The maximum atomic E-state index is 13.2. The van der Waals surface area contributed by atoms with Crippen LogP contribution in [0.25, 0.3) is 17.0 Å². The van der Waals surface area contributed by atoms with Gasteiger partial charge in [0.05, 0.1) is 21.3 Å². The number of fused-ring (bicyclic) bond motifs is 1. The zero-order chi connectivity index (χ0) is 23.3. The van der Waals surface area contributed by atoms with Crippen molar-refractivity contribution < 1.29 is 28.2 Å². The molecular weight excluding hydrogens is 412 g/mol. The van der Waals surface area contributed by atoms with Crippen molar-refractivity contribution >= 4 is 22.8 Å². The third kappa shape index (κ3) is 4.44. The van der Waals surface area contributed by atoms with E-state index in [1.165, 1.54) is 33.5 Å². The molecule has 0 saturated heterocycles. The van der Waals surface area contributed by atoms with Gasteiger partial charge >= 0.3 is 5.63 Å². The summed E-state index contributed by atoms with van der Waals surface area (Å²) >= 11 is 0. The van der Waals surface area contributed by atoms with Crippen LogP contribution >= 0.6 is 0 Å². The van der Waals surface area contributed by atoms with E-state index in [-0.39, 0.29) is 23.5 Å². The zero-order valence-corrected chi connectivity index (χ0v) is 18.2. The second-order valence-corrected chi connectivity index (χ2v) is 6.71. The van der Waals surface area contributed by atoms with Crippen molar-refractivity contribution in [1.82, 2.24) is 0 Å². The van der Waals surface area contributed by atoms with E-state index < -0.39 is 11.4 Å². The molecule has 0 aliphatic carbocycles. The first-order valence-electron chi connectivity index (χ1n) is 9.59. The second kappa shape index (κ2) is 9.75.